The summed E-state index contributed by atoms with van der Waals surface area (Å²) in [7, 11) is 1.81. The van der Waals surface area contributed by atoms with E-state index in [2.05, 4.69) is 17.4 Å². The summed E-state index contributed by atoms with van der Waals surface area (Å²) in [5, 5.41) is 2.81. The van der Waals surface area contributed by atoms with Gasteiger partial charge in [0, 0.05) is 26.6 Å². The van der Waals surface area contributed by atoms with Crippen molar-refractivity contribution < 1.29 is 14.0 Å². The van der Waals surface area contributed by atoms with E-state index in [4.69, 9.17) is 4.42 Å². The molecule has 2 aromatic carbocycles. The standard InChI is InChI=1S/C24H27N3O4/c1-26-14-12-19(16-22(26)28)18-10-11-20-21(15-18)31-24(30)27(20)23(29)25-13-6-5-9-17-7-3-2-4-8-17/h2-4,7-8,10-11,15,19H,5-6,9,12-14,16H2,1H3,(H,25,29). The lowest BCUT2D eigenvalue weighted by molar-refractivity contribution is -0.132. The molecular formula is C24H27N3O4. The fourth-order valence-corrected chi connectivity index (χ4v) is 4.08. The van der Waals surface area contributed by atoms with Gasteiger partial charge in [-0.15, -0.1) is 0 Å². The molecule has 0 spiro atoms. The van der Waals surface area contributed by atoms with E-state index in [9.17, 15) is 14.4 Å². The number of aromatic nitrogens is 1. The van der Waals surface area contributed by atoms with Crippen molar-refractivity contribution in [1.82, 2.24) is 14.8 Å². The molecule has 162 valence electrons. The third kappa shape index (κ3) is 4.71. The maximum absolute atomic E-state index is 12.6. The van der Waals surface area contributed by atoms with Crippen molar-refractivity contribution >= 4 is 23.0 Å². The van der Waals surface area contributed by atoms with Gasteiger partial charge in [-0.3, -0.25) is 4.79 Å². The lowest BCUT2D eigenvalue weighted by Crippen LogP contribution is -2.35. The molecule has 1 aliphatic heterocycles. The largest absolute Gasteiger partial charge is 0.428 e. The van der Waals surface area contributed by atoms with Crippen LogP contribution in [0.5, 0.6) is 0 Å². The van der Waals surface area contributed by atoms with E-state index in [0.717, 1.165) is 35.8 Å². The van der Waals surface area contributed by atoms with Gasteiger partial charge in [0.25, 0.3) is 0 Å². The molecule has 2 heterocycles. The summed E-state index contributed by atoms with van der Waals surface area (Å²) in [6, 6.07) is 15.1. The number of aryl methyl sites for hydroxylation is 1. The van der Waals surface area contributed by atoms with Crippen LogP contribution >= 0.6 is 0 Å². The van der Waals surface area contributed by atoms with Crippen molar-refractivity contribution in [3.63, 3.8) is 0 Å². The number of rotatable bonds is 6. The van der Waals surface area contributed by atoms with E-state index < -0.39 is 11.8 Å². The van der Waals surface area contributed by atoms with E-state index >= 15 is 0 Å². The zero-order valence-electron chi connectivity index (χ0n) is 17.7. The second-order valence-corrected chi connectivity index (χ2v) is 8.11. The molecule has 0 bridgehead atoms. The topological polar surface area (TPSA) is 84.6 Å². The van der Waals surface area contributed by atoms with Gasteiger partial charge < -0.3 is 14.6 Å². The summed E-state index contributed by atoms with van der Waals surface area (Å²) in [6.45, 7) is 1.19. The average Bonchev–Trinajstić information content (AvgIpc) is 3.11. The number of hydrogen-bond donors (Lipinski definition) is 1. The fourth-order valence-electron chi connectivity index (χ4n) is 4.08. The van der Waals surface area contributed by atoms with Crippen LogP contribution in [0.1, 0.15) is 42.7 Å². The molecule has 3 aromatic rings. The van der Waals surface area contributed by atoms with Gasteiger partial charge in [0.1, 0.15) is 0 Å². The Morgan fingerprint density at radius 1 is 1.13 bits per heavy atom. The molecule has 1 aromatic heterocycles. The first kappa shape index (κ1) is 20.9. The minimum Gasteiger partial charge on any atom is -0.407 e. The van der Waals surface area contributed by atoms with Crippen LogP contribution in [-0.4, -0.2) is 41.5 Å². The number of likely N-dealkylation sites (tertiary alicyclic amines) is 1. The van der Waals surface area contributed by atoms with Gasteiger partial charge in [-0.2, -0.15) is 4.57 Å². The van der Waals surface area contributed by atoms with E-state index in [-0.39, 0.29) is 11.8 Å². The minimum atomic E-state index is -0.701. The first-order chi connectivity index (χ1) is 15.0. The molecule has 2 amide bonds. The highest BCUT2D eigenvalue weighted by molar-refractivity contribution is 5.88. The van der Waals surface area contributed by atoms with Gasteiger partial charge in [-0.1, -0.05) is 36.4 Å². The van der Waals surface area contributed by atoms with E-state index in [1.165, 1.54) is 5.56 Å². The number of hydrogen-bond acceptors (Lipinski definition) is 4. The number of oxazole rings is 1. The number of carbonyl (C=O) groups is 2. The van der Waals surface area contributed by atoms with Gasteiger partial charge in [-0.05, 0) is 54.9 Å². The molecule has 4 rings (SSSR count). The maximum atomic E-state index is 12.6. The number of piperidine rings is 1. The highest BCUT2D eigenvalue weighted by Gasteiger charge is 2.25. The molecular weight excluding hydrogens is 394 g/mol. The van der Waals surface area contributed by atoms with E-state index in [0.29, 0.717) is 30.6 Å². The van der Waals surface area contributed by atoms with Crippen LogP contribution in [-0.2, 0) is 11.2 Å². The number of benzene rings is 2. The Morgan fingerprint density at radius 3 is 2.71 bits per heavy atom. The van der Waals surface area contributed by atoms with Crippen molar-refractivity contribution in [1.29, 1.82) is 0 Å². The summed E-state index contributed by atoms with van der Waals surface area (Å²) >= 11 is 0. The Labute approximate surface area is 180 Å². The first-order valence-corrected chi connectivity index (χ1v) is 10.7. The fraction of sp³-hybridized carbons (Fsp3) is 0.375. The van der Waals surface area contributed by atoms with Crippen LogP contribution in [0.4, 0.5) is 4.79 Å². The van der Waals surface area contributed by atoms with Crippen molar-refractivity contribution in [3.05, 3.63) is 70.2 Å². The molecule has 0 radical (unpaired) electrons. The summed E-state index contributed by atoms with van der Waals surface area (Å²) in [5.74, 6) is -0.490. The molecule has 0 aliphatic carbocycles. The van der Waals surface area contributed by atoms with Crippen LogP contribution in [0.3, 0.4) is 0 Å². The van der Waals surface area contributed by atoms with Crippen LogP contribution in [0.15, 0.2) is 57.7 Å². The van der Waals surface area contributed by atoms with Gasteiger partial charge in [0.2, 0.25) is 5.91 Å². The molecule has 7 nitrogen and oxygen atoms in total. The quantitative estimate of drug-likeness (QED) is 0.618. The maximum Gasteiger partial charge on any atom is 0.428 e. The molecule has 1 aliphatic rings. The average molecular weight is 421 g/mol. The summed E-state index contributed by atoms with van der Waals surface area (Å²) in [4.78, 5) is 38.6. The second-order valence-electron chi connectivity index (χ2n) is 8.11. The van der Waals surface area contributed by atoms with Crippen molar-refractivity contribution in [2.45, 2.75) is 38.0 Å². The number of nitrogens with one attached hydrogen (secondary N) is 1. The van der Waals surface area contributed by atoms with Gasteiger partial charge >= 0.3 is 11.8 Å². The highest BCUT2D eigenvalue weighted by atomic mass is 16.4. The molecule has 7 heteroatoms. The molecule has 1 saturated heterocycles. The predicted molar refractivity (Wildman–Crippen MR) is 118 cm³/mol. The zero-order chi connectivity index (χ0) is 21.8. The normalized spacial score (nSPS) is 16.6. The number of nitrogens with zero attached hydrogens (tertiary/aromatic N) is 2. The van der Waals surface area contributed by atoms with Gasteiger partial charge in [0.15, 0.2) is 5.58 Å². The first-order valence-electron chi connectivity index (χ1n) is 10.7. The Kier molecular flexibility index (Phi) is 6.21. The highest BCUT2D eigenvalue weighted by Crippen LogP contribution is 2.30. The van der Waals surface area contributed by atoms with Crippen molar-refractivity contribution in [3.8, 4) is 0 Å². The number of fused-ring (bicyclic) bond motifs is 1. The van der Waals surface area contributed by atoms with Crippen molar-refractivity contribution in [2.75, 3.05) is 20.1 Å². The molecule has 1 fully saturated rings. The molecule has 1 atom stereocenters. The van der Waals surface area contributed by atoms with Gasteiger partial charge in [-0.25, -0.2) is 9.59 Å². The summed E-state index contributed by atoms with van der Waals surface area (Å²) < 4.78 is 6.37. The number of amides is 2. The van der Waals surface area contributed by atoms with Crippen LogP contribution in [0.25, 0.3) is 11.1 Å². The Bertz CT molecular complexity index is 1130. The second kappa shape index (κ2) is 9.20. The van der Waals surface area contributed by atoms with Crippen LogP contribution < -0.4 is 11.1 Å². The molecule has 0 saturated carbocycles. The molecule has 1 N–H and O–H groups in total. The van der Waals surface area contributed by atoms with E-state index in [1.807, 2.05) is 24.3 Å². The zero-order valence-corrected chi connectivity index (χ0v) is 17.7. The van der Waals surface area contributed by atoms with Crippen molar-refractivity contribution in [2.24, 2.45) is 0 Å². The van der Waals surface area contributed by atoms with Crippen LogP contribution in [0, 0.1) is 0 Å². The Hall–Kier alpha value is -3.35. The Morgan fingerprint density at radius 2 is 1.94 bits per heavy atom. The van der Waals surface area contributed by atoms with Crippen LogP contribution in [0.2, 0.25) is 0 Å². The summed E-state index contributed by atoms with van der Waals surface area (Å²) in [6.07, 6.45) is 4.02. The van der Waals surface area contributed by atoms with E-state index in [1.54, 1.807) is 24.1 Å². The lowest BCUT2D eigenvalue weighted by atomic mass is 9.89. The smallest absolute Gasteiger partial charge is 0.407 e. The number of carbonyl (C=O) groups excluding carboxylic acids is 2. The summed E-state index contributed by atoms with van der Waals surface area (Å²) in [5.41, 5.74) is 3.03. The molecule has 31 heavy (non-hydrogen) atoms. The third-order valence-electron chi connectivity index (χ3n) is 5.95. The molecule has 1 unspecified atom stereocenters. The number of unbranched alkanes of at least 4 members (excludes halogenated alkanes) is 1. The predicted octanol–water partition coefficient (Wildman–Crippen LogP) is 3.51. The third-order valence-corrected chi connectivity index (χ3v) is 5.95. The monoisotopic (exact) mass is 421 g/mol. The minimum absolute atomic E-state index is 0.0974. The Balaban J connectivity index is 1.38. The van der Waals surface area contributed by atoms with Gasteiger partial charge in [0.05, 0.1) is 5.52 Å². The lowest BCUT2D eigenvalue weighted by Gasteiger charge is -2.28. The SMILES string of the molecule is CN1CCC(c2ccc3c(c2)oc(=O)n3C(=O)NCCCCc2ccccc2)CC1=O.